The molecule has 88 valence electrons. The molecule has 0 N–H and O–H groups in total. The normalized spacial score (nSPS) is 10.1. The highest BCUT2D eigenvalue weighted by Gasteiger charge is 2.17. The van der Waals surface area contributed by atoms with Crippen LogP contribution < -0.4 is 4.74 Å². The molecule has 5 nitrogen and oxygen atoms in total. The van der Waals surface area contributed by atoms with Crippen molar-refractivity contribution in [3.05, 3.63) is 27.4 Å². The average Bonchev–Trinajstić information content (AvgIpc) is 2.26. The quantitative estimate of drug-likeness (QED) is 0.438. The first-order chi connectivity index (χ1) is 7.65. The molecule has 1 aromatic heterocycles. The summed E-state index contributed by atoms with van der Waals surface area (Å²) in [5.41, 5.74) is -0.191. The number of unbranched alkanes of at least 4 members (excludes halogenated alkanes) is 2. The Bertz CT molecular complexity index is 371. The molecule has 0 saturated heterocycles. The van der Waals surface area contributed by atoms with Crippen LogP contribution >= 0.6 is 11.6 Å². The highest BCUT2D eigenvalue weighted by atomic mass is 35.5. The van der Waals surface area contributed by atoms with Crippen molar-refractivity contribution in [2.24, 2.45) is 0 Å². The van der Waals surface area contributed by atoms with E-state index in [1.54, 1.807) is 0 Å². The Kier molecular flexibility index (Phi) is 4.98. The summed E-state index contributed by atoms with van der Waals surface area (Å²) in [4.78, 5) is 13.9. The van der Waals surface area contributed by atoms with Crippen molar-refractivity contribution in [1.29, 1.82) is 0 Å². The monoisotopic (exact) mass is 244 g/mol. The largest absolute Gasteiger partial charge is 0.473 e. The van der Waals surface area contributed by atoms with Gasteiger partial charge in [-0.25, -0.2) is 4.98 Å². The summed E-state index contributed by atoms with van der Waals surface area (Å²) >= 11 is 5.62. The van der Waals surface area contributed by atoms with Crippen molar-refractivity contribution in [2.45, 2.75) is 26.2 Å². The molecule has 0 fully saturated rings. The van der Waals surface area contributed by atoms with E-state index < -0.39 is 4.92 Å². The Labute approximate surface area is 98.5 Å². The first-order valence-corrected chi connectivity index (χ1v) is 5.45. The number of hydrogen-bond acceptors (Lipinski definition) is 4. The lowest BCUT2D eigenvalue weighted by Gasteiger charge is -2.04. The SMILES string of the molecule is CCCCCOc1ncc(Cl)cc1[N+](=O)[O-]. The van der Waals surface area contributed by atoms with Gasteiger partial charge in [0, 0.05) is 6.07 Å². The number of rotatable bonds is 6. The van der Waals surface area contributed by atoms with Gasteiger partial charge in [0.25, 0.3) is 5.88 Å². The van der Waals surface area contributed by atoms with Crippen LogP contribution in [0.3, 0.4) is 0 Å². The zero-order valence-corrected chi connectivity index (χ0v) is 9.74. The Balaban J connectivity index is 2.67. The van der Waals surface area contributed by atoms with E-state index in [0.717, 1.165) is 19.3 Å². The van der Waals surface area contributed by atoms with Crippen molar-refractivity contribution < 1.29 is 9.66 Å². The fourth-order valence-electron chi connectivity index (χ4n) is 1.18. The van der Waals surface area contributed by atoms with Crippen molar-refractivity contribution in [3.8, 4) is 5.88 Å². The van der Waals surface area contributed by atoms with E-state index >= 15 is 0 Å². The number of hydrogen-bond donors (Lipinski definition) is 0. The van der Waals surface area contributed by atoms with E-state index in [4.69, 9.17) is 16.3 Å². The third kappa shape index (κ3) is 3.66. The molecular weight excluding hydrogens is 232 g/mol. The molecule has 0 amide bonds. The van der Waals surface area contributed by atoms with E-state index in [0.29, 0.717) is 6.61 Å². The second-order valence-corrected chi connectivity index (χ2v) is 3.73. The lowest BCUT2D eigenvalue weighted by Crippen LogP contribution is -2.02. The molecule has 0 radical (unpaired) electrons. The van der Waals surface area contributed by atoms with Crippen LogP contribution in [0.2, 0.25) is 5.02 Å². The number of nitrogens with zero attached hydrogens (tertiary/aromatic N) is 2. The average molecular weight is 245 g/mol. The van der Waals surface area contributed by atoms with Crippen LogP contribution in [0, 0.1) is 10.1 Å². The highest BCUT2D eigenvalue weighted by Crippen LogP contribution is 2.27. The summed E-state index contributed by atoms with van der Waals surface area (Å²) in [7, 11) is 0. The molecule has 0 aliphatic rings. The fourth-order valence-corrected chi connectivity index (χ4v) is 1.33. The third-order valence-corrected chi connectivity index (χ3v) is 2.19. The van der Waals surface area contributed by atoms with Crippen LogP contribution in [0.1, 0.15) is 26.2 Å². The van der Waals surface area contributed by atoms with Crippen molar-refractivity contribution in [3.63, 3.8) is 0 Å². The second-order valence-electron chi connectivity index (χ2n) is 3.29. The van der Waals surface area contributed by atoms with Gasteiger partial charge in [-0.05, 0) is 6.42 Å². The fraction of sp³-hybridized carbons (Fsp3) is 0.500. The van der Waals surface area contributed by atoms with E-state index in [1.807, 2.05) is 0 Å². The van der Waals surface area contributed by atoms with E-state index in [-0.39, 0.29) is 16.6 Å². The predicted molar refractivity (Wildman–Crippen MR) is 60.9 cm³/mol. The first-order valence-electron chi connectivity index (χ1n) is 5.08. The Morgan fingerprint density at radius 2 is 2.31 bits per heavy atom. The van der Waals surface area contributed by atoms with Gasteiger partial charge in [0.2, 0.25) is 0 Å². The van der Waals surface area contributed by atoms with Crippen molar-refractivity contribution in [2.75, 3.05) is 6.61 Å². The minimum absolute atomic E-state index is 0.0329. The minimum atomic E-state index is -0.548. The standard InChI is InChI=1S/C10H13ClN2O3/c1-2-3-4-5-16-10-9(13(14)15)6-8(11)7-12-10/h6-7H,2-5H2,1H3. The summed E-state index contributed by atoms with van der Waals surface area (Å²) in [6, 6.07) is 1.24. The van der Waals surface area contributed by atoms with Gasteiger partial charge >= 0.3 is 5.69 Å². The molecular formula is C10H13ClN2O3. The van der Waals surface area contributed by atoms with E-state index in [2.05, 4.69) is 11.9 Å². The molecule has 0 aliphatic heterocycles. The maximum atomic E-state index is 10.7. The van der Waals surface area contributed by atoms with Gasteiger partial charge < -0.3 is 4.74 Å². The van der Waals surface area contributed by atoms with Gasteiger partial charge in [-0.2, -0.15) is 0 Å². The molecule has 0 aromatic carbocycles. The van der Waals surface area contributed by atoms with Crippen LogP contribution in [0.15, 0.2) is 12.3 Å². The lowest BCUT2D eigenvalue weighted by atomic mass is 10.3. The Morgan fingerprint density at radius 1 is 1.56 bits per heavy atom. The van der Waals surface area contributed by atoms with Gasteiger partial charge in [-0.15, -0.1) is 0 Å². The second kappa shape index (κ2) is 6.27. The Hall–Kier alpha value is -1.36. The van der Waals surface area contributed by atoms with Gasteiger partial charge in [0.1, 0.15) is 0 Å². The molecule has 0 atom stereocenters. The minimum Gasteiger partial charge on any atom is -0.473 e. The summed E-state index contributed by atoms with van der Waals surface area (Å²) in [5.74, 6) is 0.0329. The zero-order valence-electron chi connectivity index (χ0n) is 8.98. The van der Waals surface area contributed by atoms with Crippen LogP contribution in [0.5, 0.6) is 5.88 Å². The van der Waals surface area contributed by atoms with Gasteiger partial charge in [-0.3, -0.25) is 10.1 Å². The molecule has 6 heteroatoms. The summed E-state index contributed by atoms with van der Waals surface area (Å²) in [5, 5.41) is 10.9. The van der Waals surface area contributed by atoms with Gasteiger partial charge in [0.15, 0.2) is 0 Å². The van der Waals surface area contributed by atoms with Crippen LogP contribution in [-0.4, -0.2) is 16.5 Å². The van der Waals surface area contributed by atoms with E-state index in [1.165, 1.54) is 12.3 Å². The summed E-state index contributed by atoms with van der Waals surface area (Å²) in [6.45, 7) is 2.51. The van der Waals surface area contributed by atoms with Gasteiger partial charge in [-0.1, -0.05) is 31.4 Å². The van der Waals surface area contributed by atoms with Crippen LogP contribution in [0.25, 0.3) is 0 Å². The predicted octanol–water partition coefficient (Wildman–Crippen LogP) is 3.21. The number of ether oxygens (including phenoxy) is 1. The third-order valence-electron chi connectivity index (χ3n) is 1.98. The smallest absolute Gasteiger partial charge is 0.332 e. The number of aromatic nitrogens is 1. The summed E-state index contributed by atoms with van der Waals surface area (Å²) in [6.07, 6.45) is 4.29. The van der Waals surface area contributed by atoms with Gasteiger partial charge in [0.05, 0.1) is 22.7 Å². The number of pyridine rings is 1. The van der Waals surface area contributed by atoms with Crippen LogP contribution in [0.4, 0.5) is 5.69 Å². The molecule has 16 heavy (non-hydrogen) atoms. The molecule has 0 aliphatic carbocycles. The highest BCUT2D eigenvalue weighted by molar-refractivity contribution is 6.30. The molecule has 1 aromatic rings. The van der Waals surface area contributed by atoms with Crippen molar-refractivity contribution in [1.82, 2.24) is 4.98 Å². The topological polar surface area (TPSA) is 65.3 Å². The first kappa shape index (κ1) is 12.7. The molecule has 0 unspecified atom stereocenters. The molecule has 1 rings (SSSR count). The van der Waals surface area contributed by atoms with Crippen LogP contribution in [-0.2, 0) is 0 Å². The summed E-state index contributed by atoms with van der Waals surface area (Å²) < 4.78 is 5.24. The van der Waals surface area contributed by atoms with E-state index in [9.17, 15) is 10.1 Å². The molecule has 1 heterocycles. The lowest BCUT2D eigenvalue weighted by molar-refractivity contribution is -0.386. The molecule has 0 bridgehead atoms. The number of halogens is 1. The van der Waals surface area contributed by atoms with Crippen molar-refractivity contribution >= 4 is 17.3 Å². The number of nitro groups is 1. The molecule has 0 saturated carbocycles. The maximum Gasteiger partial charge on any atom is 0.332 e. The molecule has 0 spiro atoms. The zero-order chi connectivity index (χ0) is 12.0. The maximum absolute atomic E-state index is 10.7. The Morgan fingerprint density at radius 3 is 2.94 bits per heavy atom.